The second-order valence-electron chi connectivity index (χ2n) is 4.59. The van der Waals surface area contributed by atoms with E-state index >= 15 is 0 Å². The number of fused-ring (bicyclic) bond motifs is 1. The predicted molar refractivity (Wildman–Crippen MR) is 69.1 cm³/mol. The smallest absolute Gasteiger partial charge is 0.196 e. The monoisotopic (exact) mass is 303 g/mol. The molecule has 20 heavy (non-hydrogen) atoms. The number of halogens is 1. The number of imidazole rings is 1. The van der Waals surface area contributed by atoms with Gasteiger partial charge in [0.05, 0.1) is 12.9 Å². The van der Waals surface area contributed by atoms with Crippen LogP contribution in [0.3, 0.4) is 0 Å². The van der Waals surface area contributed by atoms with E-state index < -0.39 is 36.6 Å². The van der Waals surface area contributed by atoms with E-state index in [-0.39, 0.29) is 5.96 Å². The Hall–Kier alpha value is -1.39. The second-order valence-corrected chi connectivity index (χ2v) is 5.00. The minimum Gasteiger partial charge on any atom is -0.394 e. The van der Waals surface area contributed by atoms with E-state index in [9.17, 15) is 10.2 Å². The third kappa shape index (κ3) is 1.95. The Morgan fingerprint density at radius 1 is 1.45 bits per heavy atom. The highest BCUT2D eigenvalue weighted by Gasteiger charge is 2.44. The first-order valence-corrected chi connectivity index (χ1v) is 6.40. The highest BCUT2D eigenvalue weighted by atomic mass is 35.5. The number of nitrogens with one attached hydrogen (secondary N) is 1. The summed E-state index contributed by atoms with van der Waals surface area (Å²) in [5.41, 5.74) is 5.31. The second kappa shape index (κ2) is 4.86. The number of hydrogen-bond acceptors (Lipinski definition) is 8. The molecule has 1 aromatic rings. The van der Waals surface area contributed by atoms with Gasteiger partial charge in [0.25, 0.3) is 0 Å². The van der Waals surface area contributed by atoms with Crippen molar-refractivity contribution < 1.29 is 20.1 Å². The Morgan fingerprint density at radius 3 is 2.85 bits per heavy atom. The Morgan fingerprint density at radius 2 is 2.20 bits per heavy atom. The van der Waals surface area contributed by atoms with Gasteiger partial charge in [0, 0.05) is 0 Å². The molecule has 3 heterocycles. The van der Waals surface area contributed by atoms with Gasteiger partial charge in [-0.1, -0.05) is 11.6 Å². The molecule has 1 fully saturated rings. The molecule has 0 radical (unpaired) electrons. The molecule has 0 saturated carbocycles. The summed E-state index contributed by atoms with van der Waals surface area (Å²) in [6, 6.07) is 0. The number of rotatable bonds is 2. The summed E-state index contributed by atoms with van der Waals surface area (Å²) in [6.07, 6.45) is -2.76. The Balaban J connectivity index is 1.94. The molecule has 0 bridgehead atoms. The van der Waals surface area contributed by atoms with Crippen molar-refractivity contribution in [3.05, 3.63) is 12.0 Å². The van der Waals surface area contributed by atoms with Crippen molar-refractivity contribution in [3.63, 3.8) is 0 Å². The van der Waals surface area contributed by atoms with Crippen molar-refractivity contribution in [2.45, 2.75) is 30.0 Å². The van der Waals surface area contributed by atoms with Crippen molar-refractivity contribution in [1.82, 2.24) is 9.55 Å². The van der Waals surface area contributed by atoms with Gasteiger partial charge in [-0.15, -0.1) is 0 Å². The molecule has 0 aliphatic carbocycles. The number of anilines is 1. The Labute approximate surface area is 118 Å². The number of alkyl halides is 1. The quantitative estimate of drug-likeness (QED) is 0.330. The predicted octanol–water partition coefficient (Wildman–Crippen LogP) is -1.53. The van der Waals surface area contributed by atoms with E-state index in [1.165, 1.54) is 10.9 Å². The van der Waals surface area contributed by atoms with Crippen LogP contribution in [-0.4, -0.2) is 55.7 Å². The lowest BCUT2D eigenvalue weighted by molar-refractivity contribution is -0.0518. The van der Waals surface area contributed by atoms with Gasteiger partial charge in [0.15, 0.2) is 17.7 Å². The molecule has 0 aromatic carbocycles. The maximum atomic E-state index is 10.0. The standard InChI is InChI=1S/C10H14ClN5O4/c11-7-4-8(15-10(12)14-7)16(2-13-4)9-6(19)5(18)3(1-17)20-9/h2-3,5-7,9,17-19H,1H2,(H3,12,14,15)/t3-,5-,6-,7?,9-/m1/s1. The molecule has 9 nitrogen and oxygen atoms in total. The lowest BCUT2D eigenvalue weighted by Crippen LogP contribution is -2.34. The van der Waals surface area contributed by atoms with Gasteiger partial charge < -0.3 is 31.1 Å². The van der Waals surface area contributed by atoms with Crippen LogP contribution in [0.25, 0.3) is 0 Å². The molecule has 1 saturated heterocycles. The van der Waals surface area contributed by atoms with E-state index in [1.54, 1.807) is 0 Å². The van der Waals surface area contributed by atoms with Crippen LogP contribution in [0.15, 0.2) is 11.3 Å². The van der Waals surface area contributed by atoms with Crippen LogP contribution in [0.5, 0.6) is 0 Å². The van der Waals surface area contributed by atoms with Crippen LogP contribution in [0, 0.1) is 0 Å². The van der Waals surface area contributed by atoms with Crippen molar-refractivity contribution in [2.75, 3.05) is 11.9 Å². The van der Waals surface area contributed by atoms with Crippen LogP contribution in [0.2, 0.25) is 0 Å². The first-order valence-electron chi connectivity index (χ1n) is 5.96. The zero-order valence-electron chi connectivity index (χ0n) is 10.2. The van der Waals surface area contributed by atoms with E-state index in [2.05, 4.69) is 15.3 Å². The van der Waals surface area contributed by atoms with Crippen LogP contribution in [0.4, 0.5) is 5.82 Å². The summed E-state index contributed by atoms with van der Waals surface area (Å²) in [5.74, 6) is 0.554. The summed E-state index contributed by atoms with van der Waals surface area (Å²) in [4.78, 5) is 8.01. The third-order valence-electron chi connectivity index (χ3n) is 3.34. The first kappa shape index (κ1) is 13.6. The van der Waals surface area contributed by atoms with Crippen LogP contribution < -0.4 is 11.1 Å². The molecule has 110 valence electrons. The fraction of sp³-hybridized carbons (Fsp3) is 0.600. The minimum atomic E-state index is -1.21. The number of aliphatic hydroxyl groups is 3. The normalized spacial score (nSPS) is 36.4. The number of ether oxygens (including phenoxy) is 1. The molecule has 1 unspecified atom stereocenters. The van der Waals surface area contributed by atoms with Crippen LogP contribution in [0.1, 0.15) is 17.4 Å². The molecule has 10 heteroatoms. The molecule has 0 amide bonds. The number of nitrogens with zero attached hydrogens (tertiary/aromatic N) is 3. The summed E-state index contributed by atoms with van der Waals surface area (Å²) >= 11 is 6.01. The maximum Gasteiger partial charge on any atom is 0.196 e. The lowest BCUT2D eigenvalue weighted by Gasteiger charge is -2.22. The molecular formula is C10H14ClN5O4. The van der Waals surface area contributed by atoms with Crippen LogP contribution in [-0.2, 0) is 4.74 Å². The Bertz CT molecular complexity index is 550. The zero-order valence-corrected chi connectivity index (χ0v) is 11.0. The van der Waals surface area contributed by atoms with Crippen molar-refractivity contribution in [3.8, 4) is 0 Å². The largest absolute Gasteiger partial charge is 0.394 e. The molecule has 2 aliphatic heterocycles. The third-order valence-corrected chi connectivity index (χ3v) is 3.64. The molecule has 0 spiro atoms. The zero-order chi connectivity index (χ0) is 14.4. The summed E-state index contributed by atoms with van der Waals surface area (Å²) in [5, 5.41) is 31.7. The number of aliphatic hydroxyl groups excluding tert-OH is 3. The molecule has 5 atom stereocenters. The fourth-order valence-corrected chi connectivity index (χ4v) is 2.58. The minimum absolute atomic E-state index is 0.117. The van der Waals surface area contributed by atoms with E-state index in [0.717, 1.165) is 0 Å². The van der Waals surface area contributed by atoms with Gasteiger partial charge in [-0.25, -0.2) is 9.98 Å². The molecule has 3 rings (SSSR count). The van der Waals surface area contributed by atoms with Gasteiger partial charge in [0.1, 0.15) is 29.8 Å². The molecule has 6 N–H and O–H groups in total. The first-order chi connectivity index (χ1) is 9.52. The van der Waals surface area contributed by atoms with E-state index in [0.29, 0.717) is 11.5 Å². The Kier molecular flexibility index (Phi) is 3.30. The molecule has 1 aromatic heterocycles. The molecular weight excluding hydrogens is 290 g/mol. The van der Waals surface area contributed by atoms with Crippen LogP contribution >= 0.6 is 11.6 Å². The van der Waals surface area contributed by atoms with Crippen molar-refractivity contribution >= 4 is 23.4 Å². The van der Waals surface area contributed by atoms with E-state index in [1.807, 2.05) is 0 Å². The summed E-state index contributed by atoms with van der Waals surface area (Å²) in [7, 11) is 0. The van der Waals surface area contributed by atoms with Crippen molar-refractivity contribution in [2.24, 2.45) is 10.7 Å². The van der Waals surface area contributed by atoms with Gasteiger partial charge in [-0.2, -0.15) is 0 Å². The highest BCUT2D eigenvalue weighted by molar-refractivity contribution is 6.22. The van der Waals surface area contributed by atoms with E-state index in [4.69, 9.17) is 27.2 Å². The fourth-order valence-electron chi connectivity index (χ4n) is 2.32. The SMILES string of the molecule is NC1=NC(Cl)c2ncn([C@@H]3O[C@H](CO)[C@@H](O)[C@H]3O)c2N1. The number of nitrogens with two attached hydrogens (primary N) is 1. The molecule has 2 aliphatic rings. The van der Waals surface area contributed by atoms with Gasteiger partial charge in [-0.3, -0.25) is 4.57 Å². The topological polar surface area (TPSA) is 138 Å². The van der Waals surface area contributed by atoms with Gasteiger partial charge >= 0.3 is 0 Å². The van der Waals surface area contributed by atoms with Gasteiger partial charge in [0.2, 0.25) is 0 Å². The summed E-state index contributed by atoms with van der Waals surface area (Å²) in [6.45, 7) is -0.402. The average Bonchev–Trinajstić information content (AvgIpc) is 2.93. The number of aliphatic imine (C=N–C) groups is 1. The lowest BCUT2D eigenvalue weighted by atomic mass is 10.1. The number of aromatic nitrogens is 2. The van der Waals surface area contributed by atoms with Crippen molar-refractivity contribution in [1.29, 1.82) is 0 Å². The van der Waals surface area contributed by atoms with Gasteiger partial charge in [-0.05, 0) is 0 Å². The number of guanidine groups is 1. The maximum absolute atomic E-state index is 10.0. The summed E-state index contributed by atoms with van der Waals surface area (Å²) < 4.78 is 6.89. The average molecular weight is 304 g/mol. The highest BCUT2D eigenvalue weighted by Crippen LogP contribution is 2.37. The number of hydrogen-bond donors (Lipinski definition) is 5.